The maximum atomic E-state index is 13.2. The van der Waals surface area contributed by atoms with Crippen LogP contribution >= 0.6 is 0 Å². The van der Waals surface area contributed by atoms with Gasteiger partial charge in [-0.1, -0.05) is 18.2 Å². The van der Waals surface area contributed by atoms with Crippen LogP contribution in [-0.2, 0) is 9.84 Å². The molecule has 2 aliphatic heterocycles. The van der Waals surface area contributed by atoms with Gasteiger partial charge in [0.1, 0.15) is 0 Å². The van der Waals surface area contributed by atoms with E-state index in [1.54, 1.807) is 12.1 Å². The highest BCUT2D eigenvalue weighted by Crippen LogP contribution is 2.38. The lowest BCUT2D eigenvalue weighted by Crippen LogP contribution is -2.37. The summed E-state index contributed by atoms with van der Waals surface area (Å²) in [6.45, 7) is 1.89. The minimum Gasteiger partial charge on any atom is -0.288 e. The molecule has 2 aliphatic rings. The molecule has 0 radical (unpaired) electrons. The van der Waals surface area contributed by atoms with Crippen molar-refractivity contribution in [3.05, 3.63) is 64.2 Å². The van der Waals surface area contributed by atoms with Gasteiger partial charge in [-0.15, -0.1) is 0 Å². The Morgan fingerprint density at radius 3 is 2.11 bits per heavy atom. The van der Waals surface area contributed by atoms with Crippen molar-refractivity contribution in [2.75, 3.05) is 21.3 Å². The zero-order valence-corrected chi connectivity index (χ0v) is 15.3. The van der Waals surface area contributed by atoms with Crippen LogP contribution in [0.15, 0.2) is 48.5 Å². The Bertz CT molecular complexity index is 1050. The van der Waals surface area contributed by atoms with E-state index in [1.807, 2.05) is 25.1 Å². The molecule has 27 heavy (non-hydrogen) atoms. The van der Waals surface area contributed by atoms with E-state index in [9.17, 15) is 23.3 Å². The van der Waals surface area contributed by atoms with Gasteiger partial charge < -0.3 is 0 Å². The molecule has 0 aromatic heterocycles. The molecule has 0 bridgehead atoms. The van der Waals surface area contributed by atoms with Gasteiger partial charge >= 0.3 is 6.03 Å². The highest BCUT2D eigenvalue weighted by atomic mass is 32.2. The summed E-state index contributed by atoms with van der Waals surface area (Å²) in [5.74, 6) is -0.281. The Morgan fingerprint density at radius 2 is 1.56 bits per heavy atom. The molecule has 0 saturated carbocycles. The summed E-state index contributed by atoms with van der Waals surface area (Å²) >= 11 is 0. The van der Waals surface area contributed by atoms with Gasteiger partial charge in [-0.2, -0.15) is 0 Å². The van der Waals surface area contributed by atoms with Crippen molar-refractivity contribution in [1.82, 2.24) is 0 Å². The first-order chi connectivity index (χ1) is 12.8. The number of sulfone groups is 1. The molecule has 0 N–H and O–H groups in total. The summed E-state index contributed by atoms with van der Waals surface area (Å²) in [5.41, 5.74) is 1.76. The highest BCUT2D eigenvalue weighted by Gasteiger charge is 2.54. The first kappa shape index (κ1) is 17.5. The lowest BCUT2D eigenvalue weighted by molar-refractivity contribution is -0.384. The number of carbonyl (C=O) groups excluding carboxylic acids is 1. The van der Waals surface area contributed by atoms with Crippen molar-refractivity contribution in [3.63, 3.8) is 0 Å². The van der Waals surface area contributed by atoms with Crippen LogP contribution in [0.4, 0.5) is 21.9 Å². The molecule has 2 fully saturated rings. The van der Waals surface area contributed by atoms with Gasteiger partial charge in [0, 0.05) is 17.8 Å². The first-order valence-corrected chi connectivity index (χ1v) is 10.2. The minimum absolute atomic E-state index is 0.122. The Hall–Kier alpha value is -2.94. The molecular weight excluding hydrogens is 370 g/mol. The average Bonchev–Trinajstić information content (AvgIpc) is 3.03. The maximum Gasteiger partial charge on any atom is 0.329 e. The number of benzene rings is 2. The molecule has 4 rings (SSSR count). The van der Waals surface area contributed by atoms with Crippen molar-refractivity contribution >= 4 is 32.9 Å². The number of non-ortho nitro benzene ring substituents is 1. The number of aryl methyl sites for hydroxylation is 1. The van der Waals surface area contributed by atoms with E-state index in [2.05, 4.69) is 0 Å². The molecule has 2 heterocycles. The van der Waals surface area contributed by atoms with Gasteiger partial charge in [0.05, 0.1) is 34.2 Å². The second-order valence-electron chi connectivity index (χ2n) is 6.85. The van der Waals surface area contributed by atoms with Crippen LogP contribution in [0.25, 0.3) is 0 Å². The summed E-state index contributed by atoms with van der Waals surface area (Å²) in [6, 6.07) is 11.6. The normalized spacial score (nSPS) is 23.5. The third-order valence-electron chi connectivity index (χ3n) is 4.97. The van der Waals surface area contributed by atoms with Gasteiger partial charge in [-0.3, -0.25) is 19.9 Å². The summed E-state index contributed by atoms with van der Waals surface area (Å²) in [5, 5.41) is 11.1. The van der Waals surface area contributed by atoms with Crippen molar-refractivity contribution < 1.29 is 18.1 Å². The molecule has 8 nitrogen and oxygen atoms in total. The van der Waals surface area contributed by atoms with Crippen LogP contribution in [0.5, 0.6) is 0 Å². The molecule has 2 aromatic rings. The van der Waals surface area contributed by atoms with Gasteiger partial charge in [-0.25, -0.2) is 13.2 Å². The Morgan fingerprint density at radius 1 is 1.00 bits per heavy atom. The van der Waals surface area contributed by atoms with Gasteiger partial charge in [0.15, 0.2) is 9.84 Å². The standard InChI is InChI=1S/C18H17N3O5S/c1-12-4-2-5-13(8-12)19-16-10-27(25,26)11-17(16)20(18(19)22)14-6-3-7-15(9-14)21(23)24/h2-9,16-17H,10-11H2,1H3/t16-,17-/m1/s1. The number of carbonyl (C=O) groups is 1. The number of nitrogens with zero attached hydrogens (tertiary/aromatic N) is 3. The van der Waals surface area contributed by atoms with Crippen molar-refractivity contribution in [3.8, 4) is 0 Å². The van der Waals surface area contributed by atoms with E-state index >= 15 is 0 Å². The third kappa shape index (κ3) is 2.93. The number of fused-ring (bicyclic) bond motifs is 1. The van der Waals surface area contributed by atoms with Crippen LogP contribution in [-0.4, -0.2) is 43.0 Å². The molecular formula is C18H17N3O5S. The fourth-order valence-electron chi connectivity index (χ4n) is 3.84. The number of hydrogen-bond donors (Lipinski definition) is 0. The lowest BCUT2D eigenvalue weighted by atomic mass is 10.1. The van der Waals surface area contributed by atoms with Crippen LogP contribution in [0.3, 0.4) is 0 Å². The van der Waals surface area contributed by atoms with E-state index in [1.165, 1.54) is 28.0 Å². The molecule has 0 aliphatic carbocycles. The minimum atomic E-state index is -3.32. The van der Waals surface area contributed by atoms with Crippen LogP contribution in [0, 0.1) is 17.0 Å². The molecule has 2 amide bonds. The van der Waals surface area contributed by atoms with Crippen molar-refractivity contribution in [1.29, 1.82) is 0 Å². The SMILES string of the molecule is Cc1cccc(N2C(=O)N(c3cccc([N+](=O)[O-])c3)[C@@H]3CS(=O)(=O)C[C@H]32)c1. The fourth-order valence-corrected chi connectivity index (χ4v) is 5.76. The molecule has 0 unspecified atom stereocenters. The number of urea groups is 1. The molecule has 9 heteroatoms. The zero-order chi connectivity index (χ0) is 19.3. The highest BCUT2D eigenvalue weighted by molar-refractivity contribution is 7.91. The molecule has 0 spiro atoms. The number of amides is 2. The maximum absolute atomic E-state index is 13.2. The van der Waals surface area contributed by atoms with Crippen LogP contribution < -0.4 is 9.80 Å². The quantitative estimate of drug-likeness (QED) is 0.458. The Balaban J connectivity index is 1.82. The van der Waals surface area contributed by atoms with E-state index in [0.717, 1.165) is 5.56 Å². The van der Waals surface area contributed by atoms with Crippen LogP contribution in [0.1, 0.15) is 5.56 Å². The smallest absolute Gasteiger partial charge is 0.288 e. The number of nitro benzene ring substituents is 1. The second-order valence-corrected chi connectivity index (χ2v) is 9.00. The summed E-state index contributed by atoms with van der Waals surface area (Å²) in [4.78, 5) is 26.7. The van der Waals surface area contributed by atoms with E-state index in [-0.39, 0.29) is 23.2 Å². The van der Waals surface area contributed by atoms with Crippen molar-refractivity contribution in [2.45, 2.75) is 19.0 Å². The predicted octanol–water partition coefficient (Wildman–Crippen LogP) is 2.52. The predicted molar refractivity (Wildman–Crippen MR) is 101 cm³/mol. The second kappa shape index (κ2) is 6.05. The number of nitro groups is 1. The van der Waals surface area contributed by atoms with Crippen LogP contribution in [0.2, 0.25) is 0 Å². The van der Waals surface area contributed by atoms with E-state index in [0.29, 0.717) is 11.4 Å². The van der Waals surface area contributed by atoms with E-state index in [4.69, 9.17) is 0 Å². The van der Waals surface area contributed by atoms with Crippen molar-refractivity contribution in [2.24, 2.45) is 0 Å². The fraction of sp³-hybridized carbons (Fsp3) is 0.278. The average molecular weight is 387 g/mol. The first-order valence-electron chi connectivity index (χ1n) is 8.41. The molecule has 2 saturated heterocycles. The monoisotopic (exact) mass is 387 g/mol. The topological polar surface area (TPSA) is 101 Å². The molecule has 2 atom stereocenters. The summed E-state index contributed by atoms with van der Waals surface area (Å²) in [6.07, 6.45) is 0. The summed E-state index contributed by atoms with van der Waals surface area (Å²) < 4.78 is 24.5. The number of hydrogen-bond acceptors (Lipinski definition) is 5. The Labute approximate surface area is 156 Å². The lowest BCUT2D eigenvalue weighted by Gasteiger charge is -2.22. The largest absolute Gasteiger partial charge is 0.329 e. The molecule has 140 valence electrons. The zero-order valence-electron chi connectivity index (χ0n) is 14.5. The van der Waals surface area contributed by atoms with Gasteiger partial charge in [0.25, 0.3) is 5.69 Å². The van der Waals surface area contributed by atoms with Gasteiger partial charge in [0.2, 0.25) is 0 Å². The molecule has 2 aromatic carbocycles. The summed E-state index contributed by atoms with van der Waals surface area (Å²) in [7, 11) is -3.32. The van der Waals surface area contributed by atoms with E-state index < -0.39 is 26.8 Å². The Kier molecular flexibility index (Phi) is 3.92. The third-order valence-corrected chi connectivity index (χ3v) is 6.67. The number of anilines is 2. The van der Waals surface area contributed by atoms with Gasteiger partial charge in [-0.05, 0) is 30.7 Å². The number of rotatable bonds is 3.